The molecule has 0 spiro atoms. The molecule has 0 radical (unpaired) electrons. The molecule has 0 saturated heterocycles. The van der Waals surface area contributed by atoms with Crippen molar-refractivity contribution < 1.29 is 13.2 Å². The molecule has 0 bridgehead atoms. The van der Waals surface area contributed by atoms with Crippen LogP contribution in [0.1, 0.15) is 15.9 Å². The van der Waals surface area contributed by atoms with Gasteiger partial charge in [0.25, 0.3) is 5.91 Å². The number of hydrogen-bond donors (Lipinski definition) is 1. The van der Waals surface area contributed by atoms with Crippen molar-refractivity contribution in [1.29, 1.82) is 0 Å². The van der Waals surface area contributed by atoms with Crippen LogP contribution >= 0.6 is 11.8 Å². The molecule has 0 aliphatic heterocycles. The lowest BCUT2D eigenvalue weighted by Gasteiger charge is -2.06. The van der Waals surface area contributed by atoms with Crippen LogP contribution in [0.5, 0.6) is 0 Å². The highest BCUT2D eigenvalue weighted by atomic mass is 32.2. The second kappa shape index (κ2) is 8.17. The number of anilines is 1. The summed E-state index contributed by atoms with van der Waals surface area (Å²) in [5.74, 6) is 1.35. The highest BCUT2D eigenvalue weighted by molar-refractivity contribution is 7.99. The van der Waals surface area contributed by atoms with Gasteiger partial charge in [0.1, 0.15) is 9.84 Å². The molecule has 6 heteroatoms. The maximum Gasteiger partial charge on any atom is 0.255 e. The first-order chi connectivity index (χ1) is 10.9. The van der Waals surface area contributed by atoms with E-state index in [0.29, 0.717) is 11.3 Å². The van der Waals surface area contributed by atoms with Gasteiger partial charge < -0.3 is 5.32 Å². The number of thioether (sulfide) groups is 1. The standard InChI is InChI=1S/C17H19NO3S2/c1-23(20,21)12-11-22-13-14-7-9-15(10-8-14)17(19)18-16-5-3-2-4-6-16/h2-10H,11-13H2,1H3,(H,18,19). The van der Waals surface area contributed by atoms with E-state index >= 15 is 0 Å². The lowest BCUT2D eigenvalue weighted by atomic mass is 10.1. The van der Waals surface area contributed by atoms with Crippen molar-refractivity contribution in [2.24, 2.45) is 0 Å². The van der Waals surface area contributed by atoms with Gasteiger partial charge in [-0.3, -0.25) is 4.79 Å². The molecule has 1 amide bonds. The van der Waals surface area contributed by atoms with Crippen LogP contribution in [0.4, 0.5) is 5.69 Å². The number of carbonyl (C=O) groups excluding carboxylic acids is 1. The summed E-state index contributed by atoms with van der Waals surface area (Å²) >= 11 is 1.57. The summed E-state index contributed by atoms with van der Waals surface area (Å²) in [4.78, 5) is 12.1. The lowest BCUT2D eigenvalue weighted by Crippen LogP contribution is -2.11. The Bertz CT molecular complexity index is 741. The predicted octanol–water partition coefficient (Wildman–Crippen LogP) is 3.22. The molecule has 122 valence electrons. The SMILES string of the molecule is CS(=O)(=O)CCSCc1ccc(C(=O)Nc2ccccc2)cc1. The molecule has 0 saturated carbocycles. The minimum Gasteiger partial charge on any atom is -0.322 e. The summed E-state index contributed by atoms with van der Waals surface area (Å²) in [6.07, 6.45) is 1.24. The average molecular weight is 349 g/mol. The molecular weight excluding hydrogens is 330 g/mol. The first-order valence-corrected chi connectivity index (χ1v) is 10.4. The van der Waals surface area contributed by atoms with E-state index < -0.39 is 9.84 Å². The van der Waals surface area contributed by atoms with E-state index in [1.165, 1.54) is 6.26 Å². The first kappa shape index (κ1) is 17.6. The summed E-state index contributed by atoms with van der Waals surface area (Å²) in [5, 5.41) is 2.84. The number of rotatable bonds is 7. The van der Waals surface area contributed by atoms with Gasteiger partial charge >= 0.3 is 0 Å². The molecule has 1 N–H and O–H groups in total. The van der Waals surface area contributed by atoms with Gasteiger partial charge in [-0.1, -0.05) is 30.3 Å². The zero-order valence-corrected chi connectivity index (χ0v) is 14.5. The van der Waals surface area contributed by atoms with Gasteiger partial charge in [0.15, 0.2) is 0 Å². The Hall–Kier alpha value is -1.79. The summed E-state index contributed by atoms with van der Waals surface area (Å²) in [7, 11) is -2.90. The Kier molecular flexibility index (Phi) is 6.24. The second-order valence-electron chi connectivity index (χ2n) is 5.20. The van der Waals surface area contributed by atoms with Crippen molar-refractivity contribution in [3.05, 3.63) is 65.7 Å². The van der Waals surface area contributed by atoms with Crippen LogP contribution in [0, 0.1) is 0 Å². The quantitative estimate of drug-likeness (QED) is 0.780. The Labute approximate surface area is 141 Å². The number of hydrogen-bond acceptors (Lipinski definition) is 4. The van der Waals surface area contributed by atoms with Crippen molar-refractivity contribution in [2.45, 2.75) is 5.75 Å². The summed E-state index contributed by atoms with van der Waals surface area (Å²) in [6, 6.07) is 16.7. The third kappa shape index (κ3) is 6.46. The number of sulfone groups is 1. The predicted molar refractivity (Wildman–Crippen MR) is 96.7 cm³/mol. The zero-order chi connectivity index (χ0) is 16.7. The van der Waals surface area contributed by atoms with Gasteiger partial charge in [0.2, 0.25) is 0 Å². The number of benzene rings is 2. The van der Waals surface area contributed by atoms with Crippen molar-refractivity contribution in [3.8, 4) is 0 Å². The average Bonchev–Trinajstić information content (AvgIpc) is 2.52. The van der Waals surface area contributed by atoms with E-state index in [9.17, 15) is 13.2 Å². The van der Waals surface area contributed by atoms with Crippen molar-refractivity contribution in [1.82, 2.24) is 0 Å². The van der Waals surface area contributed by atoms with E-state index in [1.54, 1.807) is 23.9 Å². The third-order valence-corrected chi connectivity index (χ3v) is 5.35. The van der Waals surface area contributed by atoms with E-state index in [4.69, 9.17) is 0 Å². The third-order valence-electron chi connectivity index (χ3n) is 3.11. The molecule has 2 aromatic rings. The molecule has 0 aliphatic rings. The molecule has 2 aromatic carbocycles. The van der Waals surface area contributed by atoms with Gasteiger partial charge in [0.05, 0.1) is 5.75 Å². The maximum absolute atomic E-state index is 12.1. The van der Waals surface area contributed by atoms with Crippen LogP contribution in [0.3, 0.4) is 0 Å². The summed E-state index contributed by atoms with van der Waals surface area (Å²) < 4.78 is 22.1. The van der Waals surface area contributed by atoms with Crippen molar-refractivity contribution >= 4 is 33.2 Å². The fraction of sp³-hybridized carbons (Fsp3) is 0.235. The molecule has 0 unspecified atom stereocenters. The second-order valence-corrected chi connectivity index (χ2v) is 8.56. The summed E-state index contributed by atoms with van der Waals surface area (Å²) in [5.41, 5.74) is 2.43. The van der Waals surface area contributed by atoms with E-state index in [-0.39, 0.29) is 11.7 Å². The Morgan fingerprint density at radius 2 is 1.70 bits per heavy atom. The van der Waals surface area contributed by atoms with Crippen molar-refractivity contribution in [3.63, 3.8) is 0 Å². The maximum atomic E-state index is 12.1. The minimum atomic E-state index is -2.90. The van der Waals surface area contributed by atoms with Crippen LogP contribution in [-0.2, 0) is 15.6 Å². The molecule has 0 heterocycles. The topological polar surface area (TPSA) is 63.2 Å². The normalized spacial score (nSPS) is 11.2. The van der Waals surface area contributed by atoms with Crippen LogP contribution in [-0.4, -0.2) is 32.1 Å². The van der Waals surface area contributed by atoms with Gasteiger partial charge in [-0.05, 0) is 29.8 Å². The van der Waals surface area contributed by atoms with Crippen molar-refractivity contribution in [2.75, 3.05) is 23.1 Å². The smallest absolute Gasteiger partial charge is 0.255 e. The fourth-order valence-corrected chi connectivity index (χ4v) is 4.13. The summed E-state index contributed by atoms with van der Waals surface area (Å²) in [6.45, 7) is 0. The number of carbonyl (C=O) groups is 1. The molecule has 4 nitrogen and oxygen atoms in total. The number of para-hydroxylation sites is 1. The molecule has 2 rings (SSSR count). The number of amides is 1. The first-order valence-electron chi connectivity index (χ1n) is 7.15. The molecule has 0 atom stereocenters. The highest BCUT2D eigenvalue weighted by Gasteiger charge is 2.06. The highest BCUT2D eigenvalue weighted by Crippen LogP contribution is 2.15. The van der Waals surface area contributed by atoms with Crippen LogP contribution < -0.4 is 5.32 Å². The van der Waals surface area contributed by atoms with Gasteiger partial charge in [-0.25, -0.2) is 8.42 Å². The Morgan fingerprint density at radius 3 is 2.30 bits per heavy atom. The molecule has 0 aromatic heterocycles. The van der Waals surface area contributed by atoms with E-state index in [2.05, 4.69) is 5.32 Å². The Balaban J connectivity index is 1.85. The molecular formula is C17H19NO3S2. The Morgan fingerprint density at radius 1 is 1.04 bits per heavy atom. The van der Waals surface area contributed by atoms with Gasteiger partial charge in [0, 0.05) is 29.0 Å². The molecule has 0 fully saturated rings. The number of nitrogens with one attached hydrogen (secondary N) is 1. The zero-order valence-electron chi connectivity index (χ0n) is 12.9. The van der Waals surface area contributed by atoms with Gasteiger partial charge in [-0.15, -0.1) is 0 Å². The van der Waals surface area contributed by atoms with Crippen LogP contribution in [0.15, 0.2) is 54.6 Å². The van der Waals surface area contributed by atoms with E-state index in [1.807, 2.05) is 42.5 Å². The van der Waals surface area contributed by atoms with Crippen LogP contribution in [0.2, 0.25) is 0 Å². The van der Waals surface area contributed by atoms with E-state index in [0.717, 1.165) is 17.0 Å². The largest absolute Gasteiger partial charge is 0.322 e. The molecule has 0 aliphatic carbocycles. The minimum absolute atomic E-state index is 0.146. The fourth-order valence-electron chi connectivity index (χ4n) is 1.88. The molecule has 23 heavy (non-hydrogen) atoms. The lowest BCUT2D eigenvalue weighted by molar-refractivity contribution is 0.102. The van der Waals surface area contributed by atoms with Gasteiger partial charge in [-0.2, -0.15) is 11.8 Å². The van der Waals surface area contributed by atoms with Crippen LogP contribution in [0.25, 0.3) is 0 Å². The monoisotopic (exact) mass is 349 g/mol.